The van der Waals surface area contributed by atoms with Crippen LogP contribution in [0.1, 0.15) is 61.4 Å². The number of rotatable bonds is 9. The summed E-state index contributed by atoms with van der Waals surface area (Å²) >= 11 is 1.33. The minimum absolute atomic E-state index is 0.00651. The lowest BCUT2D eigenvalue weighted by atomic mass is 10.0. The van der Waals surface area contributed by atoms with Gasteiger partial charge >= 0.3 is 0 Å². The van der Waals surface area contributed by atoms with E-state index in [9.17, 15) is 18.0 Å². The zero-order valence-corrected chi connectivity index (χ0v) is 20.5. The molecule has 2 amide bonds. The van der Waals surface area contributed by atoms with E-state index in [4.69, 9.17) is 0 Å². The number of benzene rings is 1. The predicted octanol–water partition coefficient (Wildman–Crippen LogP) is 4.89. The fourth-order valence-electron chi connectivity index (χ4n) is 3.99. The number of hydrogen-bond acceptors (Lipinski definition) is 5. The highest BCUT2D eigenvalue weighted by atomic mass is 32.2. The van der Waals surface area contributed by atoms with Gasteiger partial charge in [0.1, 0.15) is 10.8 Å². The van der Waals surface area contributed by atoms with Crippen molar-refractivity contribution in [3.8, 4) is 10.4 Å². The first kappa shape index (κ1) is 24.5. The number of hydrogen-bond donors (Lipinski definition) is 1. The van der Waals surface area contributed by atoms with Crippen LogP contribution in [0.25, 0.3) is 10.4 Å². The number of thiophene rings is 1. The van der Waals surface area contributed by atoms with Gasteiger partial charge in [0.15, 0.2) is 9.84 Å². The number of anilines is 1. The first-order valence-corrected chi connectivity index (χ1v) is 13.9. The van der Waals surface area contributed by atoms with Crippen LogP contribution >= 0.6 is 11.3 Å². The molecule has 1 aliphatic rings. The average molecular weight is 477 g/mol. The van der Waals surface area contributed by atoms with E-state index in [1.54, 1.807) is 0 Å². The second kappa shape index (κ2) is 11.1. The second-order valence-corrected chi connectivity index (χ2v) is 11.5. The second-order valence-electron chi connectivity index (χ2n) is 8.33. The molecule has 2 heterocycles. The number of piperidine rings is 1. The molecule has 0 aliphatic carbocycles. The summed E-state index contributed by atoms with van der Waals surface area (Å²) in [6.45, 7) is 5.30. The van der Waals surface area contributed by atoms with Gasteiger partial charge in [0.25, 0.3) is 5.91 Å². The van der Waals surface area contributed by atoms with Gasteiger partial charge in [-0.15, -0.1) is 11.3 Å². The third-order valence-electron chi connectivity index (χ3n) is 5.70. The summed E-state index contributed by atoms with van der Waals surface area (Å²) in [5, 5.41) is 3.20. The number of amides is 2. The van der Waals surface area contributed by atoms with E-state index in [0.717, 1.165) is 48.1 Å². The molecule has 0 unspecified atom stereocenters. The van der Waals surface area contributed by atoms with Gasteiger partial charge in [0.2, 0.25) is 5.91 Å². The summed E-state index contributed by atoms with van der Waals surface area (Å²) in [6, 6.07) is 9.73. The van der Waals surface area contributed by atoms with Crippen LogP contribution < -0.4 is 5.32 Å². The molecule has 1 aromatic carbocycles. The van der Waals surface area contributed by atoms with Gasteiger partial charge in [-0.05, 0) is 43.7 Å². The normalized spacial score (nSPS) is 14.4. The Morgan fingerprint density at radius 2 is 1.75 bits per heavy atom. The van der Waals surface area contributed by atoms with Crippen LogP contribution in [-0.2, 0) is 14.6 Å². The molecule has 32 heavy (non-hydrogen) atoms. The number of sulfone groups is 1. The van der Waals surface area contributed by atoms with Crippen LogP contribution in [0.3, 0.4) is 0 Å². The molecule has 0 radical (unpaired) electrons. The highest BCUT2D eigenvalue weighted by Gasteiger charge is 2.28. The van der Waals surface area contributed by atoms with Gasteiger partial charge in [-0.25, -0.2) is 8.42 Å². The van der Waals surface area contributed by atoms with Gasteiger partial charge in [-0.1, -0.05) is 50.1 Å². The molecule has 3 rings (SSSR count). The molecular formula is C24H32N2O4S2. The fourth-order valence-corrected chi connectivity index (χ4v) is 6.47. The number of nitrogens with one attached hydrogen (secondary N) is 1. The fraction of sp³-hybridized carbons (Fsp3) is 0.500. The standard InChI is InChI=1S/C24H32N2O4S2/c1-3-4-11-16-32(29,30)17-20(27)25-23-21(24(28)26-14-9-6-10-15-26)18(2)22(31-23)19-12-7-5-8-13-19/h5,7-8,12-13H,3-4,6,9-11,14-17H2,1-2H3,(H,25,27). The number of likely N-dealkylation sites (tertiary alicyclic amines) is 1. The Labute approximate surface area is 194 Å². The summed E-state index contributed by atoms with van der Waals surface area (Å²) in [6.07, 6.45) is 5.35. The number of unbranched alkanes of at least 4 members (excludes halogenated alkanes) is 2. The van der Waals surface area contributed by atoms with Crippen LogP contribution in [0.15, 0.2) is 30.3 Å². The van der Waals surface area contributed by atoms with Crippen LogP contribution in [0, 0.1) is 6.92 Å². The summed E-state index contributed by atoms with van der Waals surface area (Å²) in [5.74, 6) is -1.24. The molecular weight excluding hydrogens is 444 g/mol. The molecule has 0 atom stereocenters. The Kier molecular flexibility index (Phi) is 8.48. The van der Waals surface area contributed by atoms with Crippen molar-refractivity contribution in [1.82, 2.24) is 4.90 Å². The summed E-state index contributed by atoms with van der Waals surface area (Å²) in [5.41, 5.74) is 2.26. The smallest absolute Gasteiger partial charge is 0.257 e. The first-order valence-electron chi connectivity index (χ1n) is 11.3. The SMILES string of the molecule is CCCCCS(=O)(=O)CC(=O)Nc1sc(-c2ccccc2)c(C)c1C(=O)N1CCCCC1. The maximum absolute atomic E-state index is 13.4. The quantitative estimate of drug-likeness (QED) is 0.522. The lowest BCUT2D eigenvalue weighted by Gasteiger charge is -2.27. The van der Waals surface area contributed by atoms with Gasteiger partial charge < -0.3 is 10.2 Å². The van der Waals surface area contributed by atoms with E-state index in [0.29, 0.717) is 30.1 Å². The van der Waals surface area contributed by atoms with Crippen molar-refractivity contribution in [2.24, 2.45) is 0 Å². The highest BCUT2D eigenvalue weighted by Crippen LogP contribution is 2.40. The third-order valence-corrected chi connectivity index (χ3v) is 8.57. The Balaban J connectivity index is 1.88. The zero-order chi connectivity index (χ0) is 23.1. The molecule has 8 heteroatoms. The summed E-state index contributed by atoms with van der Waals surface area (Å²) < 4.78 is 24.7. The Bertz CT molecular complexity index is 1040. The van der Waals surface area contributed by atoms with Crippen LogP contribution in [0.4, 0.5) is 5.00 Å². The van der Waals surface area contributed by atoms with Gasteiger partial charge in [-0.2, -0.15) is 0 Å². The number of carbonyl (C=O) groups excluding carboxylic acids is 2. The predicted molar refractivity (Wildman–Crippen MR) is 131 cm³/mol. The van der Waals surface area contributed by atoms with E-state index in [1.807, 2.05) is 49.1 Å². The minimum atomic E-state index is -3.48. The monoisotopic (exact) mass is 476 g/mol. The maximum atomic E-state index is 13.4. The molecule has 0 bridgehead atoms. The third kappa shape index (κ3) is 6.19. The number of carbonyl (C=O) groups is 2. The van der Waals surface area contributed by atoms with Gasteiger partial charge in [-0.3, -0.25) is 9.59 Å². The first-order chi connectivity index (χ1) is 15.3. The van der Waals surface area contributed by atoms with E-state index < -0.39 is 21.5 Å². The summed E-state index contributed by atoms with van der Waals surface area (Å²) in [7, 11) is -3.48. The Morgan fingerprint density at radius 3 is 2.41 bits per heavy atom. The zero-order valence-electron chi connectivity index (χ0n) is 18.9. The highest BCUT2D eigenvalue weighted by molar-refractivity contribution is 7.92. The lowest BCUT2D eigenvalue weighted by Crippen LogP contribution is -2.36. The van der Waals surface area contributed by atoms with Crippen molar-refractivity contribution >= 4 is 38.0 Å². The molecule has 174 valence electrons. The van der Waals surface area contributed by atoms with Crippen molar-refractivity contribution in [2.45, 2.75) is 52.4 Å². The molecule has 6 nitrogen and oxygen atoms in total. The summed E-state index contributed by atoms with van der Waals surface area (Å²) in [4.78, 5) is 28.8. The van der Waals surface area contributed by atoms with Crippen molar-refractivity contribution < 1.29 is 18.0 Å². The topological polar surface area (TPSA) is 83.5 Å². The molecule has 0 spiro atoms. The van der Waals surface area contributed by atoms with Gasteiger partial charge in [0.05, 0.1) is 11.3 Å². The van der Waals surface area contributed by atoms with E-state index in [1.165, 1.54) is 11.3 Å². The van der Waals surface area contributed by atoms with Crippen molar-refractivity contribution in [1.29, 1.82) is 0 Å². The molecule has 1 fully saturated rings. The Morgan fingerprint density at radius 1 is 1.06 bits per heavy atom. The minimum Gasteiger partial charge on any atom is -0.339 e. The molecule has 2 aromatic rings. The van der Waals surface area contributed by atoms with Crippen LogP contribution in [0.2, 0.25) is 0 Å². The van der Waals surface area contributed by atoms with Crippen molar-refractivity contribution in [3.63, 3.8) is 0 Å². The van der Waals surface area contributed by atoms with E-state index in [-0.39, 0.29) is 11.7 Å². The molecule has 1 saturated heterocycles. The van der Waals surface area contributed by atoms with Crippen molar-refractivity contribution in [2.75, 3.05) is 29.9 Å². The molecule has 1 aromatic heterocycles. The van der Waals surface area contributed by atoms with E-state index >= 15 is 0 Å². The van der Waals surface area contributed by atoms with Crippen molar-refractivity contribution in [3.05, 3.63) is 41.5 Å². The van der Waals surface area contributed by atoms with Gasteiger partial charge in [0, 0.05) is 18.0 Å². The van der Waals surface area contributed by atoms with E-state index in [2.05, 4.69) is 5.32 Å². The maximum Gasteiger partial charge on any atom is 0.257 e. The average Bonchev–Trinajstić information content (AvgIpc) is 3.09. The Hall–Kier alpha value is -2.19. The number of nitrogens with zero attached hydrogens (tertiary/aromatic N) is 1. The molecule has 1 N–H and O–H groups in total. The van der Waals surface area contributed by atoms with Crippen LogP contribution in [-0.4, -0.2) is 49.7 Å². The molecule has 0 saturated carbocycles. The lowest BCUT2D eigenvalue weighted by molar-refractivity contribution is -0.113. The largest absolute Gasteiger partial charge is 0.339 e. The molecule has 1 aliphatic heterocycles. The van der Waals surface area contributed by atoms with Crippen LogP contribution in [0.5, 0.6) is 0 Å².